The molecule has 0 amide bonds. The van der Waals surface area contributed by atoms with Crippen LogP contribution in [0.5, 0.6) is 0 Å². The molecule has 9 heteroatoms. The van der Waals surface area contributed by atoms with Crippen LogP contribution >= 0.6 is 0 Å². The molecule has 7 nitrogen and oxygen atoms in total. The number of halogens is 2. The molecule has 1 aromatic heterocycles. The molecule has 1 saturated heterocycles. The van der Waals surface area contributed by atoms with Gasteiger partial charge < -0.3 is 30.2 Å². The van der Waals surface area contributed by atoms with Crippen molar-refractivity contribution < 1.29 is 23.0 Å². The maximum Gasteiger partial charge on any atom is 0.149 e. The van der Waals surface area contributed by atoms with Crippen molar-refractivity contribution in [1.29, 1.82) is 0 Å². The third-order valence-corrected chi connectivity index (χ3v) is 7.58. The van der Waals surface area contributed by atoms with Crippen LogP contribution in [0.2, 0.25) is 0 Å². The van der Waals surface area contributed by atoms with E-state index in [0.29, 0.717) is 50.0 Å². The van der Waals surface area contributed by atoms with E-state index in [9.17, 15) is 8.78 Å². The lowest BCUT2D eigenvalue weighted by atomic mass is 9.90. The van der Waals surface area contributed by atoms with Gasteiger partial charge in [-0.2, -0.15) is 0 Å². The van der Waals surface area contributed by atoms with Crippen molar-refractivity contribution in [2.45, 2.75) is 69.2 Å². The number of rotatable bonds is 11. The first-order chi connectivity index (χ1) is 17.9. The Labute approximate surface area is 218 Å². The Hall–Kier alpha value is -2.33. The topological polar surface area (TPSA) is 76.7 Å². The second kappa shape index (κ2) is 13.0. The van der Waals surface area contributed by atoms with E-state index in [1.165, 1.54) is 12.3 Å². The van der Waals surface area contributed by atoms with Crippen LogP contribution in [0.15, 0.2) is 30.5 Å². The van der Waals surface area contributed by atoms with Gasteiger partial charge in [0, 0.05) is 81.8 Å². The minimum atomic E-state index is -0.556. The number of hydrogen-bond acceptors (Lipinski definition) is 7. The Balaban J connectivity index is 1.41. The molecular weight excluding hydrogens is 478 g/mol. The third kappa shape index (κ3) is 7.37. The van der Waals surface area contributed by atoms with Crippen molar-refractivity contribution in [3.8, 4) is 11.1 Å². The van der Waals surface area contributed by atoms with E-state index in [4.69, 9.17) is 14.2 Å². The van der Waals surface area contributed by atoms with Gasteiger partial charge in [0.25, 0.3) is 0 Å². The van der Waals surface area contributed by atoms with Gasteiger partial charge in [-0.1, -0.05) is 0 Å². The van der Waals surface area contributed by atoms with Crippen LogP contribution in [0.4, 0.5) is 20.3 Å². The van der Waals surface area contributed by atoms with E-state index in [0.717, 1.165) is 38.5 Å². The van der Waals surface area contributed by atoms with Gasteiger partial charge in [0.2, 0.25) is 0 Å². The van der Waals surface area contributed by atoms with Crippen LogP contribution in [0.25, 0.3) is 11.1 Å². The van der Waals surface area contributed by atoms with Crippen LogP contribution in [-0.4, -0.2) is 69.3 Å². The molecule has 1 saturated carbocycles. The molecule has 4 rings (SSSR count). The molecule has 2 heterocycles. The van der Waals surface area contributed by atoms with Gasteiger partial charge in [-0.15, -0.1) is 0 Å². The fourth-order valence-corrected chi connectivity index (χ4v) is 5.34. The van der Waals surface area contributed by atoms with E-state index in [1.807, 2.05) is 0 Å². The summed E-state index contributed by atoms with van der Waals surface area (Å²) in [6.07, 6.45) is 6.76. The fourth-order valence-electron chi connectivity index (χ4n) is 5.34. The Morgan fingerprint density at radius 3 is 2.43 bits per heavy atom. The average molecular weight is 519 g/mol. The summed E-state index contributed by atoms with van der Waals surface area (Å²) < 4.78 is 46.2. The van der Waals surface area contributed by atoms with Crippen molar-refractivity contribution in [3.05, 3.63) is 42.1 Å². The van der Waals surface area contributed by atoms with Crippen LogP contribution < -0.4 is 16.0 Å². The number of aromatic nitrogens is 1. The number of nitrogens with zero attached hydrogens (tertiary/aromatic N) is 1. The van der Waals surface area contributed by atoms with Crippen LogP contribution in [0, 0.1) is 11.6 Å². The highest BCUT2D eigenvalue weighted by atomic mass is 19.1. The van der Waals surface area contributed by atoms with Gasteiger partial charge in [-0.05, 0) is 56.9 Å². The lowest BCUT2D eigenvalue weighted by molar-refractivity contribution is -0.0807. The van der Waals surface area contributed by atoms with E-state index >= 15 is 0 Å². The molecule has 1 aromatic carbocycles. The summed E-state index contributed by atoms with van der Waals surface area (Å²) >= 11 is 0. The molecule has 37 heavy (non-hydrogen) atoms. The molecule has 0 bridgehead atoms. The molecule has 2 aliphatic rings. The molecule has 204 valence electrons. The quantitative estimate of drug-likeness (QED) is 0.387. The molecule has 1 aliphatic heterocycles. The highest BCUT2D eigenvalue weighted by Crippen LogP contribution is 2.32. The molecule has 1 atom stereocenters. The highest BCUT2D eigenvalue weighted by molar-refractivity contribution is 5.71. The maximum atomic E-state index is 14.9. The zero-order valence-electron chi connectivity index (χ0n) is 22.1. The van der Waals surface area contributed by atoms with E-state index < -0.39 is 11.6 Å². The van der Waals surface area contributed by atoms with Crippen molar-refractivity contribution >= 4 is 11.5 Å². The first-order valence-electron chi connectivity index (χ1n) is 13.2. The normalized spacial score (nSPS) is 22.4. The van der Waals surface area contributed by atoms with E-state index in [1.54, 1.807) is 32.4 Å². The molecule has 2 aromatic rings. The van der Waals surface area contributed by atoms with Gasteiger partial charge in [-0.25, -0.2) is 13.8 Å². The van der Waals surface area contributed by atoms with Crippen molar-refractivity contribution in [3.63, 3.8) is 0 Å². The molecule has 0 radical (unpaired) electrons. The molecular formula is C28H40F2N4O3. The smallest absolute Gasteiger partial charge is 0.149 e. The Bertz CT molecular complexity index is 1010. The van der Waals surface area contributed by atoms with Gasteiger partial charge in [-0.3, -0.25) is 0 Å². The summed E-state index contributed by atoms with van der Waals surface area (Å²) in [5.74, 6) is -0.482. The predicted molar refractivity (Wildman–Crippen MR) is 142 cm³/mol. The molecule has 1 aliphatic carbocycles. The monoisotopic (exact) mass is 518 g/mol. The number of ether oxygens (including phenoxy) is 3. The Morgan fingerprint density at radius 2 is 1.73 bits per heavy atom. The first-order valence-corrected chi connectivity index (χ1v) is 13.2. The molecule has 0 spiro atoms. The third-order valence-electron chi connectivity index (χ3n) is 7.58. The van der Waals surface area contributed by atoms with E-state index in [2.05, 4.69) is 27.9 Å². The van der Waals surface area contributed by atoms with Crippen LogP contribution in [0.3, 0.4) is 0 Å². The Kier molecular flexibility index (Phi) is 9.70. The number of benzene rings is 1. The number of hydrogen-bond donors (Lipinski definition) is 3. The van der Waals surface area contributed by atoms with Gasteiger partial charge >= 0.3 is 0 Å². The SMILES string of the molecule is COC[C@@H](C)NC1CCC(Nc2cc(-c3cc(NCC4(OC)CCOCC4)ccc3F)c(F)cn2)CC1. The predicted octanol–water partition coefficient (Wildman–Crippen LogP) is 4.98. The minimum absolute atomic E-state index is 0.190. The number of pyridine rings is 1. The van der Waals surface area contributed by atoms with Gasteiger partial charge in [0.1, 0.15) is 17.5 Å². The van der Waals surface area contributed by atoms with Crippen molar-refractivity contribution in [1.82, 2.24) is 10.3 Å². The second-order valence-corrected chi connectivity index (χ2v) is 10.3. The fraction of sp³-hybridized carbons (Fsp3) is 0.607. The maximum absolute atomic E-state index is 14.9. The zero-order chi connectivity index (χ0) is 26.3. The minimum Gasteiger partial charge on any atom is -0.383 e. The number of nitrogens with one attached hydrogen (secondary N) is 3. The lowest BCUT2D eigenvalue weighted by Crippen LogP contribution is -2.44. The second-order valence-electron chi connectivity index (χ2n) is 10.3. The lowest BCUT2D eigenvalue weighted by Gasteiger charge is -2.36. The van der Waals surface area contributed by atoms with Crippen molar-refractivity contribution in [2.75, 3.05) is 51.2 Å². The van der Waals surface area contributed by atoms with Crippen LogP contribution in [0.1, 0.15) is 45.4 Å². The number of methoxy groups -OCH3 is 2. The highest BCUT2D eigenvalue weighted by Gasteiger charge is 2.32. The first kappa shape index (κ1) is 27.7. The standard InChI is InChI=1S/C28H40F2N4O3/c1-19(17-35-2)33-20-4-6-21(7-5-20)34-27-15-24(26(30)16-31-27)23-14-22(8-9-25(23)29)32-18-28(36-3)10-12-37-13-11-28/h8-9,14-16,19-21,32-33H,4-7,10-13,17-18H2,1-3H3,(H,31,34)/t19-,20?,21?/m1/s1. The summed E-state index contributed by atoms with van der Waals surface area (Å²) in [5, 5.41) is 10.4. The summed E-state index contributed by atoms with van der Waals surface area (Å²) in [6.45, 7) is 4.67. The van der Waals surface area contributed by atoms with E-state index in [-0.39, 0.29) is 22.8 Å². The average Bonchev–Trinajstić information content (AvgIpc) is 2.91. The van der Waals surface area contributed by atoms with Gasteiger partial charge in [0.05, 0.1) is 18.4 Å². The number of anilines is 2. The molecule has 3 N–H and O–H groups in total. The summed E-state index contributed by atoms with van der Waals surface area (Å²) in [4.78, 5) is 4.24. The summed E-state index contributed by atoms with van der Waals surface area (Å²) in [5.41, 5.74) is 0.766. The van der Waals surface area contributed by atoms with Crippen molar-refractivity contribution in [2.24, 2.45) is 0 Å². The van der Waals surface area contributed by atoms with Gasteiger partial charge in [0.15, 0.2) is 0 Å². The largest absolute Gasteiger partial charge is 0.383 e. The zero-order valence-corrected chi connectivity index (χ0v) is 22.1. The Morgan fingerprint density at radius 1 is 1.03 bits per heavy atom. The molecule has 2 fully saturated rings. The van der Waals surface area contributed by atoms with Crippen LogP contribution in [-0.2, 0) is 14.2 Å². The summed E-state index contributed by atoms with van der Waals surface area (Å²) in [7, 11) is 3.42. The molecule has 0 unspecified atom stereocenters. The summed E-state index contributed by atoms with van der Waals surface area (Å²) in [6, 6.07) is 7.31.